The van der Waals surface area contributed by atoms with Crippen LogP contribution in [0.5, 0.6) is 0 Å². The van der Waals surface area contributed by atoms with Crippen molar-refractivity contribution in [3.63, 3.8) is 0 Å². The van der Waals surface area contributed by atoms with E-state index in [2.05, 4.69) is 34.2 Å². The number of halogens is 1. The highest BCUT2D eigenvalue weighted by atomic mass is 35.5. The minimum Gasteiger partial charge on any atom is -0.369 e. The Balaban J connectivity index is 1.87. The molecule has 2 aromatic carbocycles. The lowest BCUT2D eigenvalue weighted by Crippen LogP contribution is -2.48. The monoisotopic (exact) mass is 297 g/mol. The maximum absolute atomic E-state index is 6.21. The first kappa shape index (κ1) is 12.7. The number of guanidine groups is 1. The van der Waals surface area contributed by atoms with Crippen LogP contribution in [0.15, 0.2) is 53.5 Å². The summed E-state index contributed by atoms with van der Waals surface area (Å²) in [5.74, 6) is 0.578. The summed E-state index contributed by atoms with van der Waals surface area (Å²) in [5.41, 5.74) is 9.81. The minimum absolute atomic E-state index is 0.147. The minimum atomic E-state index is -0.147. The molecule has 0 saturated carbocycles. The second kappa shape index (κ2) is 4.50. The van der Waals surface area contributed by atoms with Gasteiger partial charge >= 0.3 is 0 Å². The summed E-state index contributed by atoms with van der Waals surface area (Å²) in [5, 5.41) is 0.716. The molecule has 1 atom stereocenters. The zero-order valence-electron chi connectivity index (χ0n) is 11.6. The fraction of sp³-hybridized carbons (Fsp3) is 0.235. The van der Waals surface area contributed by atoms with Crippen LogP contribution in [0.2, 0.25) is 5.02 Å². The van der Waals surface area contributed by atoms with Gasteiger partial charge in [-0.2, -0.15) is 0 Å². The number of aliphatic imine (C=N–C) groups is 1. The normalized spacial score (nSPS) is 23.5. The molecule has 0 fully saturated rings. The van der Waals surface area contributed by atoms with Crippen LogP contribution in [-0.2, 0) is 12.0 Å². The van der Waals surface area contributed by atoms with E-state index in [0.29, 0.717) is 17.5 Å². The van der Waals surface area contributed by atoms with Crippen molar-refractivity contribution < 1.29 is 0 Å². The lowest BCUT2D eigenvalue weighted by atomic mass is 9.90. The Kier molecular flexibility index (Phi) is 2.73. The van der Waals surface area contributed by atoms with Gasteiger partial charge in [0.2, 0.25) is 0 Å². The molecule has 1 aliphatic carbocycles. The smallest absolute Gasteiger partial charge is 0.196 e. The van der Waals surface area contributed by atoms with Gasteiger partial charge in [0, 0.05) is 10.7 Å². The molecule has 1 spiro atoms. The van der Waals surface area contributed by atoms with Crippen LogP contribution in [0.4, 0.5) is 5.69 Å². The van der Waals surface area contributed by atoms with E-state index in [9.17, 15) is 0 Å². The van der Waals surface area contributed by atoms with Crippen LogP contribution >= 0.6 is 11.6 Å². The first-order valence-corrected chi connectivity index (χ1v) is 7.53. The molecule has 3 nitrogen and oxygen atoms in total. The maximum atomic E-state index is 6.21. The third kappa shape index (κ3) is 1.77. The van der Waals surface area contributed by atoms with Gasteiger partial charge in [-0.1, -0.05) is 41.9 Å². The third-order valence-electron chi connectivity index (χ3n) is 4.55. The van der Waals surface area contributed by atoms with Crippen molar-refractivity contribution in [1.29, 1.82) is 0 Å². The Labute approximate surface area is 129 Å². The molecular weight excluding hydrogens is 282 g/mol. The number of hydrogen-bond acceptors (Lipinski definition) is 3. The van der Waals surface area contributed by atoms with Crippen LogP contribution in [0.25, 0.3) is 0 Å². The Hall–Kier alpha value is -2.00. The topological polar surface area (TPSA) is 41.6 Å². The molecule has 1 unspecified atom stereocenters. The number of hydrogen-bond donors (Lipinski definition) is 1. The summed E-state index contributed by atoms with van der Waals surface area (Å²) in [7, 11) is 0. The first-order chi connectivity index (χ1) is 10.2. The lowest BCUT2D eigenvalue weighted by Gasteiger charge is -2.37. The van der Waals surface area contributed by atoms with Gasteiger partial charge in [-0.05, 0) is 42.2 Å². The molecule has 0 amide bonds. The number of aryl methyl sites for hydroxylation is 1. The number of rotatable bonds is 1. The number of fused-ring (bicyclic) bond motifs is 2. The summed E-state index contributed by atoms with van der Waals surface area (Å²) in [4.78, 5) is 6.69. The largest absolute Gasteiger partial charge is 0.369 e. The average molecular weight is 298 g/mol. The van der Waals surface area contributed by atoms with Crippen molar-refractivity contribution in [3.8, 4) is 0 Å². The second-order valence-corrected chi connectivity index (χ2v) is 6.11. The van der Waals surface area contributed by atoms with Crippen LogP contribution in [0.3, 0.4) is 0 Å². The van der Waals surface area contributed by atoms with Crippen LogP contribution in [-0.4, -0.2) is 12.5 Å². The molecule has 2 aromatic rings. The van der Waals surface area contributed by atoms with Crippen molar-refractivity contribution in [2.45, 2.75) is 18.4 Å². The Morgan fingerprint density at radius 2 is 2.00 bits per heavy atom. The molecule has 0 radical (unpaired) electrons. The molecule has 0 bridgehead atoms. The number of nitrogens with zero attached hydrogens (tertiary/aromatic N) is 2. The van der Waals surface area contributed by atoms with Gasteiger partial charge in [-0.15, -0.1) is 0 Å². The fourth-order valence-electron chi connectivity index (χ4n) is 3.63. The fourth-order valence-corrected chi connectivity index (χ4v) is 3.82. The van der Waals surface area contributed by atoms with Gasteiger partial charge < -0.3 is 10.6 Å². The summed E-state index contributed by atoms with van der Waals surface area (Å²) in [6, 6.07) is 16.4. The van der Waals surface area contributed by atoms with Crippen molar-refractivity contribution >= 4 is 23.2 Å². The van der Waals surface area contributed by atoms with E-state index < -0.39 is 0 Å². The Bertz CT molecular complexity index is 740. The summed E-state index contributed by atoms with van der Waals surface area (Å²) in [6.45, 7) is 0.711. The Morgan fingerprint density at radius 3 is 2.86 bits per heavy atom. The third-order valence-corrected chi connectivity index (χ3v) is 4.79. The van der Waals surface area contributed by atoms with E-state index in [1.807, 2.05) is 24.3 Å². The molecule has 0 saturated heterocycles. The molecule has 4 rings (SSSR count). The van der Waals surface area contributed by atoms with Gasteiger partial charge in [-0.3, -0.25) is 4.99 Å². The van der Waals surface area contributed by atoms with Crippen molar-refractivity contribution in [3.05, 3.63) is 64.7 Å². The molecule has 1 heterocycles. The molecule has 21 heavy (non-hydrogen) atoms. The number of nitrogens with two attached hydrogens (primary N) is 1. The van der Waals surface area contributed by atoms with Crippen molar-refractivity contribution in [2.75, 3.05) is 11.4 Å². The quantitative estimate of drug-likeness (QED) is 0.877. The van der Waals surface area contributed by atoms with E-state index in [4.69, 9.17) is 17.3 Å². The van der Waals surface area contributed by atoms with E-state index in [-0.39, 0.29) is 5.54 Å². The molecule has 1 aliphatic heterocycles. The zero-order valence-corrected chi connectivity index (χ0v) is 12.3. The van der Waals surface area contributed by atoms with Crippen LogP contribution < -0.4 is 10.6 Å². The SMILES string of the molecule is NC1=NCC2(CCc3ccccc32)N1c1cccc(Cl)c1. The molecule has 0 aromatic heterocycles. The van der Waals surface area contributed by atoms with Crippen molar-refractivity contribution in [2.24, 2.45) is 10.7 Å². The molecule has 2 N–H and O–H groups in total. The molecule has 106 valence electrons. The van der Waals surface area contributed by atoms with E-state index in [1.54, 1.807) is 0 Å². The van der Waals surface area contributed by atoms with Gasteiger partial charge in [0.15, 0.2) is 5.96 Å². The molecular formula is C17H16ClN3. The van der Waals surface area contributed by atoms with Gasteiger partial charge in [0.05, 0.1) is 12.1 Å². The first-order valence-electron chi connectivity index (χ1n) is 7.15. The predicted octanol–water partition coefficient (Wildman–Crippen LogP) is 3.32. The second-order valence-electron chi connectivity index (χ2n) is 5.68. The van der Waals surface area contributed by atoms with Crippen LogP contribution in [0.1, 0.15) is 17.5 Å². The predicted molar refractivity (Wildman–Crippen MR) is 86.9 cm³/mol. The highest BCUT2D eigenvalue weighted by Gasteiger charge is 2.48. The van der Waals surface area contributed by atoms with E-state index in [1.165, 1.54) is 11.1 Å². The lowest BCUT2D eigenvalue weighted by molar-refractivity contribution is 0.476. The standard InChI is InChI=1S/C17H16ClN3/c18-13-5-3-6-14(10-13)21-16(19)20-11-17(21)9-8-12-4-1-2-7-15(12)17/h1-7,10H,8-9,11H2,(H2,19,20). The van der Waals surface area contributed by atoms with Gasteiger partial charge in [0.1, 0.15) is 0 Å². The van der Waals surface area contributed by atoms with Gasteiger partial charge in [0.25, 0.3) is 0 Å². The average Bonchev–Trinajstić information content (AvgIpc) is 3.02. The molecule has 2 aliphatic rings. The zero-order chi connectivity index (χ0) is 14.4. The summed E-state index contributed by atoms with van der Waals surface area (Å²) >= 11 is 6.16. The maximum Gasteiger partial charge on any atom is 0.196 e. The van der Waals surface area contributed by atoms with E-state index >= 15 is 0 Å². The highest BCUT2D eigenvalue weighted by Crippen LogP contribution is 2.46. The number of benzene rings is 2. The van der Waals surface area contributed by atoms with Gasteiger partial charge in [-0.25, -0.2) is 0 Å². The summed E-state index contributed by atoms with van der Waals surface area (Å²) in [6.07, 6.45) is 2.10. The van der Waals surface area contributed by atoms with E-state index in [0.717, 1.165) is 18.5 Å². The van der Waals surface area contributed by atoms with Crippen LogP contribution in [0, 0.1) is 0 Å². The number of anilines is 1. The Morgan fingerprint density at radius 1 is 1.14 bits per heavy atom. The molecule has 4 heteroatoms. The summed E-state index contributed by atoms with van der Waals surface area (Å²) < 4.78 is 0. The van der Waals surface area contributed by atoms with Crippen molar-refractivity contribution in [1.82, 2.24) is 0 Å². The highest BCUT2D eigenvalue weighted by molar-refractivity contribution is 6.31.